The molecule has 0 radical (unpaired) electrons. The normalized spacial score (nSPS) is 10.6. The lowest BCUT2D eigenvalue weighted by Gasteiger charge is -2.03. The number of furan rings is 1. The molecule has 0 fully saturated rings. The van der Waals surface area contributed by atoms with E-state index in [0.29, 0.717) is 11.3 Å². The van der Waals surface area contributed by atoms with Gasteiger partial charge in [-0.15, -0.1) is 0 Å². The Morgan fingerprint density at radius 2 is 1.95 bits per heavy atom. The Balaban J connectivity index is 1.92. The molecule has 3 aromatic rings. The van der Waals surface area contributed by atoms with Crippen LogP contribution in [0.1, 0.15) is 16.1 Å². The molecule has 22 heavy (non-hydrogen) atoms. The second kappa shape index (κ2) is 5.33. The van der Waals surface area contributed by atoms with Gasteiger partial charge in [-0.2, -0.15) is 0 Å². The van der Waals surface area contributed by atoms with Crippen molar-refractivity contribution >= 4 is 28.3 Å². The third kappa shape index (κ3) is 2.42. The van der Waals surface area contributed by atoms with Crippen LogP contribution in [0.15, 0.2) is 52.9 Å². The van der Waals surface area contributed by atoms with Crippen LogP contribution in [0.3, 0.4) is 0 Å². The summed E-state index contributed by atoms with van der Waals surface area (Å²) in [4.78, 5) is 22.6. The van der Waals surface area contributed by atoms with E-state index in [1.807, 2.05) is 18.2 Å². The Morgan fingerprint density at radius 1 is 1.18 bits per heavy atom. The van der Waals surface area contributed by atoms with E-state index in [0.717, 1.165) is 10.9 Å². The molecule has 0 spiro atoms. The fraction of sp³-hybridized carbons (Fsp3) is 0.0625. The van der Waals surface area contributed by atoms with E-state index in [1.54, 1.807) is 19.1 Å². The number of benzene rings is 2. The largest absolute Gasteiger partial charge is 0.451 e. The van der Waals surface area contributed by atoms with Crippen molar-refractivity contribution in [2.75, 3.05) is 5.32 Å². The summed E-state index contributed by atoms with van der Waals surface area (Å²) in [6.07, 6.45) is 0. The number of nitro benzene ring substituents is 1. The van der Waals surface area contributed by atoms with Gasteiger partial charge >= 0.3 is 0 Å². The monoisotopic (exact) mass is 296 g/mol. The Kier molecular flexibility index (Phi) is 3.34. The van der Waals surface area contributed by atoms with Gasteiger partial charge in [-0.3, -0.25) is 14.9 Å². The molecule has 3 rings (SSSR count). The first-order valence-corrected chi connectivity index (χ1v) is 6.60. The number of carbonyl (C=O) groups is 1. The minimum Gasteiger partial charge on any atom is -0.451 e. The van der Waals surface area contributed by atoms with Gasteiger partial charge in [0.25, 0.3) is 11.6 Å². The molecule has 6 nitrogen and oxygen atoms in total. The van der Waals surface area contributed by atoms with Gasteiger partial charge in [0.1, 0.15) is 5.58 Å². The Hall–Kier alpha value is -3.15. The van der Waals surface area contributed by atoms with E-state index in [9.17, 15) is 14.9 Å². The Morgan fingerprint density at radius 3 is 2.68 bits per heavy atom. The first kappa shape index (κ1) is 13.8. The summed E-state index contributed by atoms with van der Waals surface area (Å²) in [5.74, 6) is -0.234. The number of fused-ring (bicyclic) bond motifs is 1. The summed E-state index contributed by atoms with van der Waals surface area (Å²) < 4.78 is 5.56. The fourth-order valence-electron chi connectivity index (χ4n) is 2.28. The lowest BCUT2D eigenvalue weighted by Crippen LogP contribution is -2.12. The number of non-ortho nitro benzene ring substituents is 1. The second-order valence-electron chi connectivity index (χ2n) is 4.81. The first-order valence-electron chi connectivity index (χ1n) is 6.60. The van der Waals surface area contributed by atoms with Gasteiger partial charge in [0, 0.05) is 28.8 Å². The Labute approximate surface area is 125 Å². The van der Waals surface area contributed by atoms with Crippen LogP contribution in [0.2, 0.25) is 0 Å². The van der Waals surface area contributed by atoms with Crippen molar-refractivity contribution in [3.05, 3.63) is 70.0 Å². The highest BCUT2D eigenvalue weighted by Gasteiger charge is 2.18. The molecule has 1 aromatic heterocycles. The summed E-state index contributed by atoms with van der Waals surface area (Å²) in [6, 6.07) is 13.1. The number of nitrogens with zero attached hydrogens (tertiary/aromatic N) is 1. The number of aryl methyl sites for hydroxylation is 1. The lowest BCUT2D eigenvalue weighted by molar-refractivity contribution is -0.384. The van der Waals surface area contributed by atoms with Crippen LogP contribution < -0.4 is 5.32 Å². The van der Waals surface area contributed by atoms with Crippen molar-refractivity contribution in [1.82, 2.24) is 0 Å². The average Bonchev–Trinajstić information content (AvgIpc) is 2.85. The zero-order valence-corrected chi connectivity index (χ0v) is 11.7. The minimum atomic E-state index is -0.512. The molecule has 0 saturated heterocycles. The van der Waals surface area contributed by atoms with Gasteiger partial charge in [-0.1, -0.05) is 24.3 Å². The summed E-state index contributed by atoms with van der Waals surface area (Å²) in [6.45, 7) is 1.80. The molecule has 0 aliphatic carbocycles. The summed E-state index contributed by atoms with van der Waals surface area (Å²) in [5.41, 5.74) is 1.63. The Bertz CT molecular complexity index is 883. The van der Waals surface area contributed by atoms with Gasteiger partial charge in [-0.05, 0) is 19.1 Å². The number of carbonyl (C=O) groups excluding carboxylic acids is 1. The van der Waals surface area contributed by atoms with Crippen LogP contribution in [0.25, 0.3) is 11.0 Å². The second-order valence-corrected chi connectivity index (χ2v) is 4.81. The number of rotatable bonds is 3. The molecule has 0 saturated carbocycles. The number of hydrogen-bond donors (Lipinski definition) is 1. The highest BCUT2D eigenvalue weighted by Crippen LogP contribution is 2.26. The number of nitro groups is 1. The van der Waals surface area contributed by atoms with Crippen LogP contribution in [0, 0.1) is 17.0 Å². The summed E-state index contributed by atoms with van der Waals surface area (Å²) in [7, 11) is 0. The molecule has 0 atom stereocenters. The fourth-order valence-corrected chi connectivity index (χ4v) is 2.28. The molecular weight excluding hydrogens is 284 g/mol. The standard InChI is InChI=1S/C16H12N2O4/c1-10-13-7-2-3-8-14(13)22-15(10)16(19)17-11-5-4-6-12(9-11)18(20)21/h2-9H,1H3,(H,17,19). The van der Waals surface area contributed by atoms with Crippen LogP contribution in [-0.4, -0.2) is 10.8 Å². The molecule has 0 bridgehead atoms. The van der Waals surface area contributed by atoms with Crippen molar-refractivity contribution in [2.24, 2.45) is 0 Å². The molecule has 0 unspecified atom stereocenters. The van der Waals surface area contributed by atoms with Crippen molar-refractivity contribution in [2.45, 2.75) is 6.92 Å². The van der Waals surface area contributed by atoms with Crippen LogP contribution >= 0.6 is 0 Å². The zero-order chi connectivity index (χ0) is 15.7. The maximum Gasteiger partial charge on any atom is 0.291 e. The molecule has 2 aromatic carbocycles. The van der Waals surface area contributed by atoms with Crippen LogP contribution in [0.5, 0.6) is 0 Å². The maximum absolute atomic E-state index is 12.3. The van der Waals surface area contributed by atoms with E-state index in [2.05, 4.69) is 5.32 Å². The smallest absolute Gasteiger partial charge is 0.291 e. The van der Waals surface area contributed by atoms with E-state index in [4.69, 9.17) is 4.42 Å². The first-order chi connectivity index (χ1) is 10.6. The van der Waals surface area contributed by atoms with Gasteiger partial charge in [0.2, 0.25) is 0 Å². The third-order valence-corrected chi connectivity index (χ3v) is 3.36. The number of hydrogen-bond acceptors (Lipinski definition) is 4. The molecular formula is C16H12N2O4. The van der Waals surface area contributed by atoms with Crippen LogP contribution in [0.4, 0.5) is 11.4 Å². The van der Waals surface area contributed by atoms with Crippen molar-refractivity contribution < 1.29 is 14.1 Å². The van der Waals surface area contributed by atoms with Crippen LogP contribution in [-0.2, 0) is 0 Å². The number of para-hydroxylation sites is 1. The van der Waals surface area contributed by atoms with E-state index < -0.39 is 10.8 Å². The zero-order valence-electron chi connectivity index (χ0n) is 11.7. The highest BCUT2D eigenvalue weighted by molar-refractivity contribution is 6.06. The molecule has 0 aliphatic rings. The number of nitrogens with one attached hydrogen (secondary N) is 1. The van der Waals surface area contributed by atoms with Crippen molar-refractivity contribution in [3.63, 3.8) is 0 Å². The van der Waals surface area contributed by atoms with Gasteiger partial charge < -0.3 is 9.73 Å². The molecule has 1 heterocycles. The third-order valence-electron chi connectivity index (χ3n) is 3.36. The predicted octanol–water partition coefficient (Wildman–Crippen LogP) is 3.90. The predicted molar refractivity (Wildman–Crippen MR) is 82.0 cm³/mol. The topological polar surface area (TPSA) is 85.4 Å². The van der Waals surface area contributed by atoms with Gasteiger partial charge in [0.05, 0.1) is 4.92 Å². The molecule has 6 heteroatoms. The van der Waals surface area contributed by atoms with Crippen molar-refractivity contribution in [3.8, 4) is 0 Å². The quantitative estimate of drug-likeness (QED) is 0.586. The van der Waals surface area contributed by atoms with E-state index in [1.165, 1.54) is 18.2 Å². The van der Waals surface area contributed by atoms with E-state index >= 15 is 0 Å². The van der Waals surface area contributed by atoms with E-state index in [-0.39, 0.29) is 11.4 Å². The number of amides is 1. The maximum atomic E-state index is 12.3. The van der Waals surface area contributed by atoms with Gasteiger partial charge in [0.15, 0.2) is 5.76 Å². The number of anilines is 1. The molecule has 1 amide bonds. The van der Waals surface area contributed by atoms with Gasteiger partial charge in [-0.25, -0.2) is 0 Å². The lowest BCUT2D eigenvalue weighted by atomic mass is 10.1. The SMILES string of the molecule is Cc1c(C(=O)Nc2cccc([N+](=O)[O-])c2)oc2ccccc12. The minimum absolute atomic E-state index is 0.0841. The molecule has 1 N–H and O–H groups in total. The highest BCUT2D eigenvalue weighted by atomic mass is 16.6. The summed E-state index contributed by atoms with van der Waals surface area (Å²) >= 11 is 0. The average molecular weight is 296 g/mol. The molecule has 110 valence electrons. The van der Waals surface area contributed by atoms with Crippen molar-refractivity contribution in [1.29, 1.82) is 0 Å². The summed E-state index contributed by atoms with van der Waals surface area (Å²) in [5, 5.41) is 14.2. The molecule has 0 aliphatic heterocycles.